The fourth-order valence-corrected chi connectivity index (χ4v) is 3.90. The Labute approximate surface area is 188 Å². The van der Waals surface area contributed by atoms with Crippen molar-refractivity contribution in [1.82, 2.24) is 20.0 Å². The third kappa shape index (κ3) is 4.99. The summed E-state index contributed by atoms with van der Waals surface area (Å²) in [7, 11) is 1.63. The fraction of sp³-hybridized carbons (Fsp3) is 0.320. The molecule has 7 nitrogen and oxygen atoms in total. The van der Waals surface area contributed by atoms with Crippen LogP contribution in [0.3, 0.4) is 0 Å². The molecule has 1 fully saturated rings. The van der Waals surface area contributed by atoms with Gasteiger partial charge in [-0.05, 0) is 55.3 Å². The van der Waals surface area contributed by atoms with E-state index in [0.717, 1.165) is 48.5 Å². The lowest BCUT2D eigenvalue weighted by molar-refractivity contribution is -0.130. The van der Waals surface area contributed by atoms with Crippen molar-refractivity contribution in [2.24, 2.45) is 0 Å². The zero-order valence-electron chi connectivity index (χ0n) is 18.3. The van der Waals surface area contributed by atoms with Gasteiger partial charge in [-0.3, -0.25) is 9.59 Å². The van der Waals surface area contributed by atoms with E-state index in [1.165, 1.54) is 0 Å². The van der Waals surface area contributed by atoms with Gasteiger partial charge in [-0.15, -0.1) is 0 Å². The molecule has 4 rings (SSSR count). The lowest BCUT2D eigenvalue weighted by Crippen LogP contribution is -2.38. The number of benzene rings is 2. The summed E-state index contributed by atoms with van der Waals surface area (Å²) < 4.78 is 7.03. The Morgan fingerprint density at radius 2 is 1.84 bits per heavy atom. The van der Waals surface area contributed by atoms with Gasteiger partial charge in [0.2, 0.25) is 5.91 Å². The normalized spacial score (nSPS) is 14.2. The largest absolute Gasteiger partial charge is 0.497 e. The smallest absolute Gasteiger partial charge is 0.271 e. The molecule has 0 atom stereocenters. The minimum absolute atomic E-state index is 0.173. The van der Waals surface area contributed by atoms with Crippen LogP contribution in [0, 0.1) is 0 Å². The second kappa shape index (κ2) is 10.1. The molecule has 0 saturated carbocycles. The van der Waals surface area contributed by atoms with Crippen LogP contribution in [0.15, 0.2) is 60.7 Å². The van der Waals surface area contributed by atoms with E-state index in [9.17, 15) is 9.59 Å². The topological polar surface area (TPSA) is 76.5 Å². The van der Waals surface area contributed by atoms with Crippen molar-refractivity contribution in [1.29, 1.82) is 0 Å². The van der Waals surface area contributed by atoms with Crippen LogP contribution in [0.1, 0.15) is 36.2 Å². The summed E-state index contributed by atoms with van der Waals surface area (Å²) in [5.74, 6) is 0.684. The van der Waals surface area contributed by atoms with Gasteiger partial charge >= 0.3 is 0 Å². The van der Waals surface area contributed by atoms with Crippen molar-refractivity contribution in [2.45, 2.75) is 25.7 Å². The predicted molar refractivity (Wildman–Crippen MR) is 123 cm³/mol. The summed E-state index contributed by atoms with van der Waals surface area (Å²) in [6.45, 7) is 1.69. The van der Waals surface area contributed by atoms with Crippen LogP contribution in [0.2, 0.25) is 0 Å². The maximum Gasteiger partial charge on any atom is 0.271 e. The van der Waals surface area contributed by atoms with Crippen molar-refractivity contribution in [3.63, 3.8) is 0 Å². The fourth-order valence-electron chi connectivity index (χ4n) is 3.90. The van der Waals surface area contributed by atoms with E-state index in [-0.39, 0.29) is 11.8 Å². The third-order valence-electron chi connectivity index (χ3n) is 5.67. The number of nitrogens with zero attached hydrogens (tertiary/aromatic N) is 3. The summed E-state index contributed by atoms with van der Waals surface area (Å²) in [4.78, 5) is 26.9. The molecule has 0 bridgehead atoms. The monoisotopic (exact) mass is 432 g/mol. The minimum Gasteiger partial charge on any atom is -0.497 e. The number of ether oxygens (including phenoxy) is 1. The predicted octanol–water partition coefficient (Wildman–Crippen LogP) is 3.68. The van der Waals surface area contributed by atoms with Crippen molar-refractivity contribution in [2.75, 3.05) is 26.7 Å². The Kier molecular flexibility index (Phi) is 6.84. The van der Waals surface area contributed by atoms with Gasteiger partial charge in [0, 0.05) is 31.6 Å². The van der Waals surface area contributed by atoms with Gasteiger partial charge in [0.15, 0.2) is 5.69 Å². The SMILES string of the molecule is COc1ccc(-c2cc(C(=O)NCCN3CCCCCC3=O)nn2-c2ccccc2)cc1. The highest BCUT2D eigenvalue weighted by Gasteiger charge is 2.19. The van der Waals surface area contributed by atoms with E-state index < -0.39 is 0 Å². The second-order valence-electron chi connectivity index (χ2n) is 7.84. The number of aromatic nitrogens is 2. The second-order valence-corrected chi connectivity index (χ2v) is 7.84. The van der Waals surface area contributed by atoms with Crippen LogP contribution in [-0.2, 0) is 4.79 Å². The molecular formula is C25H28N4O3. The first-order chi connectivity index (χ1) is 15.7. The lowest BCUT2D eigenvalue weighted by Gasteiger charge is -2.20. The number of hydrogen-bond acceptors (Lipinski definition) is 4. The molecular weight excluding hydrogens is 404 g/mol. The number of rotatable bonds is 7. The van der Waals surface area contributed by atoms with E-state index in [1.54, 1.807) is 17.9 Å². The number of hydrogen-bond donors (Lipinski definition) is 1. The number of nitrogens with one attached hydrogen (secondary N) is 1. The molecule has 2 aromatic carbocycles. The van der Waals surface area contributed by atoms with Crippen LogP contribution in [0.25, 0.3) is 16.9 Å². The quantitative estimate of drug-likeness (QED) is 0.618. The third-order valence-corrected chi connectivity index (χ3v) is 5.67. The zero-order valence-corrected chi connectivity index (χ0v) is 18.3. The van der Waals surface area contributed by atoms with Gasteiger partial charge < -0.3 is 15.0 Å². The summed E-state index contributed by atoms with van der Waals surface area (Å²) in [5.41, 5.74) is 2.94. The Bertz CT molecular complexity index is 1060. The molecule has 0 aliphatic carbocycles. The van der Waals surface area contributed by atoms with Gasteiger partial charge in [-0.1, -0.05) is 24.6 Å². The molecule has 0 spiro atoms. The molecule has 32 heavy (non-hydrogen) atoms. The molecule has 166 valence electrons. The molecule has 1 aromatic heterocycles. The van der Waals surface area contributed by atoms with E-state index in [2.05, 4.69) is 10.4 Å². The zero-order chi connectivity index (χ0) is 22.3. The standard InChI is InChI=1S/C25H28N4O3/c1-32-21-13-11-19(12-14-21)23-18-22(27-29(23)20-8-4-2-5-9-20)25(31)26-15-17-28-16-7-3-6-10-24(28)30/h2,4-5,8-9,11-14,18H,3,6-7,10,15-17H2,1H3,(H,26,31). The molecule has 1 aliphatic rings. The molecule has 2 heterocycles. The van der Waals surface area contributed by atoms with E-state index >= 15 is 0 Å². The summed E-state index contributed by atoms with van der Waals surface area (Å²) in [6, 6.07) is 19.2. The van der Waals surface area contributed by atoms with E-state index in [0.29, 0.717) is 25.2 Å². The van der Waals surface area contributed by atoms with Crippen molar-refractivity contribution < 1.29 is 14.3 Å². The highest BCUT2D eigenvalue weighted by molar-refractivity contribution is 5.93. The Balaban J connectivity index is 1.52. The van der Waals surface area contributed by atoms with Gasteiger partial charge in [0.25, 0.3) is 5.91 Å². The van der Waals surface area contributed by atoms with Crippen molar-refractivity contribution in [3.8, 4) is 22.7 Å². The average Bonchev–Trinajstić information content (AvgIpc) is 3.18. The average molecular weight is 433 g/mol. The maximum absolute atomic E-state index is 12.9. The van der Waals surface area contributed by atoms with Crippen LogP contribution in [0.5, 0.6) is 5.75 Å². The molecule has 2 amide bonds. The Morgan fingerprint density at radius 1 is 1.06 bits per heavy atom. The first-order valence-electron chi connectivity index (χ1n) is 11.0. The molecule has 1 aliphatic heterocycles. The molecule has 3 aromatic rings. The number of para-hydroxylation sites is 1. The number of carbonyl (C=O) groups excluding carboxylic acids is 2. The Morgan fingerprint density at radius 3 is 2.59 bits per heavy atom. The number of carbonyl (C=O) groups is 2. The van der Waals surface area contributed by atoms with Crippen molar-refractivity contribution >= 4 is 11.8 Å². The van der Waals surface area contributed by atoms with E-state index in [1.807, 2.05) is 59.5 Å². The van der Waals surface area contributed by atoms with Crippen molar-refractivity contribution in [3.05, 3.63) is 66.4 Å². The minimum atomic E-state index is -0.253. The molecule has 0 radical (unpaired) electrons. The van der Waals surface area contributed by atoms with E-state index in [4.69, 9.17) is 4.74 Å². The molecule has 0 unspecified atom stereocenters. The van der Waals surface area contributed by atoms with Crippen LogP contribution < -0.4 is 10.1 Å². The lowest BCUT2D eigenvalue weighted by atomic mass is 10.1. The van der Waals surface area contributed by atoms with Gasteiger partial charge in [-0.2, -0.15) is 5.10 Å². The number of amides is 2. The Hall–Kier alpha value is -3.61. The van der Waals surface area contributed by atoms with Crippen LogP contribution >= 0.6 is 0 Å². The number of methoxy groups -OCH3 is 1. The summed E-state index contributed by atoms with van der Waals surface area (Å²) in [5, 5.41) is 7.51. The molecule has 7 heteroatoms. The van der Waals surface area contributed by atoms with Gasteiger partial charge in [-0.25, -0.2) is 4.68 Å². The first kappa shape index (κ1) is 21.6. The highest BCUT2D eigenvalue weighted by Crippen LogP contribution is 2.26. The number of likely N-dealkylation sites (tertiary alicyclic amines) is 1. The maximum atomic E-state index is 12.9. The van der Waals surface area contributed by atoms with Gasteiger partial charge in [0.1, 0.15) is 5.75 Å². The molecule has 1 N–H and O–H groups in total. The highest BCUT2D eigenvalue weighted by atomic mass is 16.5. The molecule has 1 saturated heterocycles. The van der Waals surface area contributed by atoms with Crippen LogP contribution in [0.4, 0.5) is 0 Å². The van der Waals surface area contributed by atoms with Gasteiger partial charge in [0.05, 0.1) is 18.5 Å². The summed E-state index contributed by atoms with van der Waals surface area (Å²) in [6.07, 6.45) is 3.65. The summed E-state index contributed by atoms with van der Waals surface area (Å²) >= 11 is 0. The van der Waals surface area contributed by atoms with Crippen LogP contribution in [-0.4, -0.2) is 53.2 Å². The first-order valence-corrected chi connectivity index (χ1v) is 11.0.